The molecule has 0 spiro atoms. The van der Waals surface area contributed by atoms with Gasteiger partial charge in [-0.25, -0.2) is 5.43 Å². The number of hydrazone groups is 1. The third kappa shape index (κ3) is 6.81. The third-order valence-corrected chi connectivity index (χ3v) is 5.82. The molecule has 0 aliphatic heterocycles. The highest BCUT2D eigenvalue weighted by Gasteiger charge is 2.13. The molecule has 0 aliphatic rings. The monoisotopic (exact) mass is 547 g/mol. The van der Waals surface area contributed by atoms with Crippen LogP contribution >= 0.6 is 39.1 Å². The zero-order chi connectivity index (χ0) is 24.0. The fourth-order valence-corrected chi connectivity index (χ4v) is 3.71. The number of carbonyl (C=O) groups is 2. The number of nitrogens with zero attached hydrogens (tertiary/aromatic N) is 1. The number of anilines is 1. The summed E-state index contributed by atoms with van der Waals surface area (Å²) in [6.07, 6.45) is 1.41. The van der Waals surface area contributed by atoms with Crippen LogP contribution < -0.4 is 15.5 Å². The van der Waals surface area contributed by atoms with E-state index in [1.54, 1.807) is 36.4 Å². The molecule has 0 bridgehead atoms. The molecule has 2 amide bonds. The molecule has 0 fully saturated rings. The van der Waals surface area contributed by atoms with Crippen LogP contribution in [-0.2, 0) is 4.79 Å². The van der Waals surface area contributed by atoms with Crippen molar-refractivity contribution in [2.24, 2.45) is 5.10 Å². The van der Waals surface area contributed by atoms with Gasteiger partial charge in [0.15, 0.2) is 12.4 Å². The fraction of sp³-hybridized carbons (Fsp3) is 0.125. The minimum atomic E-state index is -0.356. The topological polar surface area (TPSA) is 79.8 Å². The first-order chi connectivity index (χ1) is 15.7. The molecule has 0 aromatic heterocycles. The maximum absolute atomic E-state index is 12.3. The molecule has 0 heterocycles. The second kappa shape index (κ2) is 11.3. The first-order valence-electron chi connectivity index (χ1n) is 9.81. The maximum Gasteiger partial charge on any atom is 0.271 e. The van der Waals surface area contributed by atoms with Gasteiger partial charge in [-0.1, -0.05) is 51.3 Å². The number of halogens is 3. The average molecular weight is 549 g/mol. The van der Waals surface area contributed by atoms with Crippen molar-refractivity contribution in [3.05, 3.63) is 91.4 Å². The summed E-state index contributed by atoms with van der Waals surface area (Å²) in [6.45, 7) is 3.64. The van der Waals surface area contributed by atoms with Gasteiger partial charge in [-0.3, -0.25) is 9.59 Å². The number of hydrogen-bond acceptors (Lipinski definition) is 4. The Morgan fingerprint density at radius 1 is 1.06 bits per heavy atom. The second-order valence-corrected chi connectivity index (χ2v) is 8.83. The van der Waals surface area contributed by atoms with E-state index in [1.807, 2.05) is 32.0 Å². The summed E-state index contributed by atoms with van der Waals surface area (Å²) in [7, 11) is 0. The van der Waals surface area contributed by atoms with Crippen LogP contribution in [0.2, 0.25) is 10.0 Å². The smallest absolute Gasteiger partial charge is 0.271 e. The number of amides is 2. The van der Waals surface area contributed by atoms with E-state index in [0.29, 0.717) is 11.1 Å². The number of nitrogens with one attached hydrogen (secondary N) is 2. The van der Waals surface area contributed by atoms with Crippen LogP contribution in [-0.4, -0.2) is 24.6 Å². The average Bonchev–Trinajstić information content (AvgIpc) is 2.77. The summed E-state index contributed by atoms with van der Waals surface area (Å²) in [5, 5.41) is 7.16. The van der Waals surface area contributed by atoms with Gasteiger partial charge in [0.2, 0.25) is 0 Å². The van der Waals surface area contributed by atoms with E-state index in [9.17, 15) is 9.59 Å². The van der Waals surface area contributed by atoms with Gasteiger partial charge in [-0.2, -0.15) is 5.10 Å². The lowest BCUT2D eigenvalue weighted by Crippen LogP contribution is -2.21. The Morgan fingerprint density at radius 2 is 1.73 bits per heavy atom. The molecule has 0 radical (unpaired) electrons. The van der Waals surface area contributed by atoms with E-state index in [1.165, 1.54) is 6.21 Å². The van der Waals surface area contributed by atoms with Crippen molar-refractivity contribution in [1.29, 1.82) is 0 Å². The third-order valence-electron chi connectivity index (χ3n) is 4.73. The molecule has 0 saturated heterocycles. The first-order valence-corrected chi connectivity index (χ1v) is 11.4. The molecule has 6 nitrogen and oxygen atoms in total. The molecule has 33 heavy (non-hydrogen) atoms. The molecule has 9 heteroatoms. The van der Waals surface area contributed by atoms with Crippen molar-refractivity contribution < 1.29 is 14.3 Å². The quantitative estimate of drug-likeness (QED) is 0.274. The van der Waals surface area contributed by atoms with Crippen LogP contribution in [0.25, 0.3) is 0 Å². The Bertz CT molecular complexity index is 1190. The van der Waals surface area contributed by atoms with E-state index >= 15 is 0 Å². The highest BCUT2D eigenvalue weighted by Crippen LogP contribution is 2.34. The number of hydrogen-bond donors (Lipinski definition) is 2. The highest BCUT2D eigenvalue weighted by molar-refractivity contribution is 9.10. The second-order valence-electron chi connectivity index (χ2n) is 7.10. The number of aryl methyl sites for hydroxylation is 1. The van der Waals surface area contributed by atoms with Gasteiger partial charge in [0.25, 0.3) is 11.8 Å². The maximum atomic E-state index is 12.3. The van der Waals surface area contributed by atoms with Crippen molar-refractivity contribution >= 4 is 62.8 Å². The SMILES string of the molecule is Cc1cccc(NC(=O)COc2c(Cl)cc(/C=N/NC(=O)c3ccc(Br)cc3)cc2Cl)c1C. The minimum absolute atomic E-state index is 0.186. The predicted molar refractivity (Wildman–Crippen MR) is 136 cm³/mol. The molecule has 3 aromatic rings. The van der Waals surface area contributed by atoms with Crippen molar-refractivity contribution in [2.45, 2.75) is 13.8 Å². The fourth-order valence-electron chi connectivity index (χ4n) is 2.83. The lowest BCUT2D eigenvalue weighted by molar-refractivity contribution is -0.118. The molecule has 0 unspecified atom stereocenters. The first kappa shape index (κ1) is 24.8. The van der Waals surface area contributed by atoms with Crippen molar-refractivity contribution in [1.82, 2.24) is 5.43 Å². The van der Waals surface area contributed by atoms with Gasteiger partial charge in [0.1, 0.15) is 0 Å². The van der Waals surface area contributed by atoms with Gasteiger partial charge in [0, 0.05) is 15.7 Å². The zero-order valence-electron chi connectivity index (χ0n) is 17.8. The van der Waals surface area contributed by atoms with Crippen LogP contribution in [0, 0.1) is 13.8 Å². The molecular weight excluding hydrogens is 529 g/mol. The van der Waals surface area contributed by atoms with Gasteiger partial charge in [-0.15, -0.1) is 0 Å². The lowest BCUT2D eigenvalue weighted by atomic mass is 10.1. The lowest BCUT2D eigenvalue weighted by Gasteiger charge is -2.13. The molecule has 3 aromatic carbocycles. The number of ether oxygens (including phenoxy) is 1. The largest absolute Gasteiger partial charge is 0.481 e. The predicted octanol–water partition coefficient (Wildman–Crippen LogP) is 6.15. The summed E-state index contributed by atoms with van der Waals surface area (Å²) in [4.78, 5) is 24.4. The summed E-state index contributed by atoms with van der Waals surface area (Å²) >= 11 is 15.9. The Labute approximate surface area is 210 Å². The van der Waals surface area contributed by atoms with Crippen LogP contribution in [0.1, 0.15) is 27.0 Å². The minimum Gasteiger partial charge on any atom is -0.481 e. The standard InChI is InChI=1S/C24H20BrCl2N3O3/c1-14-4-3-5-21(15(14)2)29-22(31)13-33-23-19(26)10-16(11-20(23)27)12-28-30-24(32)17-6-8-18(25)9-7-17/h3-12H,13H2,1-2H3,(H,29,31)(H,30,32)/b28-12+. The molecule has 170 valence electrons. The summed E-state index contributed by atoms with van der Waals surface area (Å²) in [6, 6.07) is 15.7. The van der Waals surface area contributed by atoms with Crippen LogP contribution in [0.3, 0.4) is 0 Å². The zero-order valence-corrected chi connectivity index (χ0v) is 20.9. The Hall–Kier alpha value is -2.87. The summed E-state index contributed by atoms with van der Waals surface area (Å²) < 4.78 is 6.41. The van der Waals surface area contributed by atoms with Crippen molar-refractivity contribution in [2.75, 3.05) is 11.9 Å². The van der Waals surface area contributed by atoms with E-state index in [0.717, 1.165) is 21.3 Å². The Kier molecular flexibility index (Phi) is 8.49. The van der Waals surface area contributed by atoms with Gasteiger partial charge >= 0.3 is 0 Å². The van der Waals surface area contributed by atoms with Gasteiger partial charge in [0.05, 0.1) is 16.3 Å². The Morgan fingerprint density at radius 3 is 2.39 bits per heavy atom. The van der Waals surface area contributed by atoms with E-state index < -0.39 is 0 Å². The molecule has 0 atom stereocenters. The number of benzene rings is 3. The molecule has 0 aliphatic carbocycles. The van der Waals surface area contributed by atoms with Crippen molar-refractivity contribution in [3.63, 3.8) is 0 Å². The van der Waals surface area contributed by atoms with Crippen LogP contribution in [0.4, 0.5) is 5.69 Å². The van der Waals surface area contributed by atoms with E-state index in [2.05, 4.69) is 31.8 Å². The van der Waals surface area contributed by atoms with E-state index in [4.69, 9.17) is 27.9 Å². The van der Waals surface area contributed by atoms with Crippen LogP contribution in [0.5, 0.6) is 5.75 Å². The molecule has 2 N–H and O–H groups in total. The molecule has 3 rings (SSSR count). The summed E-state index contributed by atoms with van der Waals surface area (Å²) in [5.74, 6) is -0.506. The van der Waals surface area contributed by atoms with E-state index in [-0.39, 0.29) is 34.2 Å². The highest BCUT2D eigenvalue weighted by atomic mass is 79.9. The van der Waals surface area contributed by atoms with Crippen LogP contribution in [0.15, 0.2) is 64.2 Å². The Balaban J connectivity index is 1.59. The molecular formula is C24H20BrCl2N3O3. The molecule has 0 saturated carbocycles. The number of carbonyl (C=O) groups excluding carboxylic acids is 2. The normalized spacial score (nSPS) is 10.8. The number of rotatable bonds is 7. The van der Waals surface area contributed by atoms with Gasteiger partial charge < -0.3 is 10.1 Å². The van der Waals surface area contributed by atoms with Gasteiger partial charge in [-0.05, 0) is 73.0 Å². The van der Waals surface area contributed by atoms with Crippen molar-refractivity contribution in [3.8, 4) is 5.75 Å². The summed E-state index contributed by atoms with van der Waals surface area (Å²) in [5.41, 5.74) is 6.23.